The molecule has 3 aromatic rings. The number of ether oxygens (including phenoxy) is 3. The molecule has 0 unspecified atom stereocenters. The first-order valence-electron chi connectivity index (χ1n) is 11.2. The molecule has 10 heteroatoms. The molecule has 1 aliphatic heterocycles. The van der Waals surface area contributed by atoms with Crippen LogP contribution in [0.15, 0.2) is 48.0 Å². The van der Waals surface area contributed by atoms with Crippen molar-refractivity contribution in [2.75, 3.05) is 39.7 Å². The Hall–Kier alpha value is -3.79. The molecule has 0 spiro atoms. The number of fused-ring (bicyclic) bond motifs is 1. The molecule has 4 rings (SSSR count). The minimum absolute atomic E-state index is 0.147. The fraction of sp³-hybridized carbons (Fsp3) is 0.320. The zero-order chi connectivity index (χ0) is 24.8. The summed E-state index contributed by atoms with van der Waals surface area (Å²) in [4.78, 5) is 31.3. The second-order valence-corrected chi connectivity index (χ2v) is 8.79. The first-order valence-corrected chi connectivity index (χ1v) is 12.0. The quantitative estimate of drug-likeness (QED) is 0.491. The van der Waals surface area contributed by atoms with Crippen LogP contribution in [0.2, 0.25) is 0 Å². The fourth-order valence-corrected chi connectivity index (χ4v) is 4.71. The Morgan fingerprint density at radius 2 is 1.83 bits per heavy atom. The normalized spacial score (nSPS) is 14.6. The Morgan fingerprint density at radius 1 is 1.09 bits per heavy atom. The van der Waals surface area contributed by atoms with Gasteiger partial charge in [-0.1, -0.05) is 12.1 Å². The van der Waals surface area contributed by atoms with Crippen LogP contribution in [0, 0.1) is 0 Å². The SMILES string of the molecule is COc1ccc([C@H]2c3cc(OC)c(OC)cc3CCN2C(=O)NCCC(=O)Nc2nccs2)cc1. The van der Waals surface area contributed by atoms with Gasteiger partial charge < -0.3 is 29.7 Å². The Balaban J connectivity index is 1.55. The van der Waals surface area contributed by atoms with Crippen molar-refractivity contribution in [1.82, 2.24) is 15.2 Å². The number of rotatable bonds is 8. The molecule has 2 heterocycles. The van der Waals surface area contributed by atoms with Gasteiger partial charge in [0.25, 0.3) is 0 Å². The maximum absolute atomic E-state index is 13.3. The van der Waals surface area contributed by atoms with E-state index in [1.165, 1.54) is 11.3 Å². The Bertz CT molecular complexity index is 1170. The predicted molar refractivity (Wildman–Crippen MR) is 134 cm³/mol. The van der Waals surface area contributed by atoms with Gasteiger partial charge in [0.05, 0.1) is 27.4 Å². The van der Waals surface area contributed by atoms with E-state index in [-0.39, 0.29) is 30.9 Å². The minimum atomic E-state index is -0.339. The first kappa shape index (κ1) is 24.3. The molecule has 35 heavy (non-hydrogen) atoms. The second-order valence-electron chi connectivity index (χ2n) is 7.89. The zero-order valence-corrected chi connectivity index (χ0v) is 20.7. The van der Waals surface area contributed by atoms with E-state index in [2.05, 4.69) is 15.6 Å². The highest BCUT2D eigenvalue weighted by Gasteiger charge is 2.33. The van der Waals surface area contributed by atoms with Crippen LogP contribution in [0.25, 0.3) is 0 Å². The number of thiazole rings is 1. The molecule has 184 valence electrons. The van der Waals surface area contributed by atoms with Gasteiger partial charge in [-0.25, -0.2) is 9.78 Å². The third-order valence-corrected chi connectivity index (χ3v) is 6.56. The van der Waals surface area contributed by atoms with Crippen molar-refractivity contribution < 1.29 is 23.8 Å². The maximum atomic E-state index is 13.3. The number of nitrogens with zero attached hydrogens (tertiary/aromatic N) is 2. The summed E-state index contributed by atoms with van der Waals surface area (Å²) in [5.74, 6) is 1.79. The van der Waals surface area contributed by atoms with Crippen molar-refractivity contribution in [2.45, 2.75) is 18.9 Å². The number of carbonyl (C=O) groups is 2. The molecule has 1 aromatic heterocycles. The molecule has 0 fully saturated rings. The van der Waals surface area contributed by atoms with E-state index >= 15 is 0 Å². The molecule has 0 saturated heterocycles. The lowest BCUT2D eigenvalue weighted by Gasteiger charge is -2.38. The van der Waals surface area contributed by atoms with Gasteiger partial charge in [-0.3, -0.25) is 4.79 Å². The molecule has 1 atom stereocenters. The van der Waals surface area contributed by atoms with E-state index in [1.807, 2.05) is 36.4 Å². The third kappa shape index (κ3) is 5.48. The molecule has 0 radical (unpaired) electrons. The largest absolute Gasteiger partial charge is 0.497 e. The third-order valence-electron chi connectivity index (χ3n) is 5.87. The van der Waals surface area contributed by atoms with Gasteiger partial charge >= 0.3 is 6.03 Å². The molecule has 3 amide bonds. The van der Waals surface area contributed by atoms with Crippen LogP contribution in [0.3, 0.4) is 0 Å². The monoisotopic (exact) mass is 496 g/mol. The van der Waals surface area contributed by atoms with E-state index < -0.39 is 0 Å². The molecule has 1 aliphatic rings. The molecule has 0 aliphatic carbocycles. The molecule has 2 N–H and O–H groups in total. The van der Waals surface area contributed by atoms with Crippen LogP contribution >= 0.6 is 11.3 Å². The van der Waals surface area contributed by atoms with E-state index in [0.29, 0.717) is 29.6 Å². The van der Waals surface area contributed by atoms with Crippen LogP contribution in [0.5, 0.6) is 17.2 Å². The minimum Gasteiger partial charge on any atom is -0.497 e. The highest BCUT2D eigenvalue weighted by Crippen LogP contribution is 2.41. The summed E-state index contributed by atoms with van der Waals surface area (Å²) < 4.78 is 16.3. The van der Waals surface area contributed by atoms with Crippen molar-refractivity contribution in [3.63, 3.8) is 0 Å². The molecular weight excluding hydrogens is 468 g/mol. The van der Waals surface area contributed by atoms with E-state index in [0.717, 1.165) is 22.4 Å². The summed E-state index contributed by atoms with van der Waals surface area (Å²) >= 11 is 1.35. The van der Waals surface area contributed by atoms with Crippen molar-refractivity contribution in [3.8, 4) is 17.2 Å². The average molecular weight is 497 g/mol. The summed E-state index contributed by atoms with van der Waals surface area (Å²) in [6.07, 6.45) is 2.44. The molecule has 0 saturated carbocycles. The van der Waals surface area contributed by atoms with Crippen LogP contribution in [-0.4, -0.2) is 56.2 Å². The van der Waals surface area contributed by atoms with Gasteiger partial charge in [-0.05, 0) is 47.4 Å². The van der Waals surface area contributed by atoms with Gasteiger partial charge in [0.1, 0.15) is 5.75 Å². The van der Waals surface area contributed by atoms with Crippen LogP contribution < -0.4 is 24.8 Å². The number of methoxy groups -OCH3 is 3. The number of hydrogen-bond donors (Lipinski definition) is 2. The van der Waals surface area contributed by atoms with Gasteiger partial charge in [-0.15, -0.1) is 11.3 Å². The second kappa shape index (κ2) is 11.1. The smallest absolute Gasteiger partial charge is 0.318 e. The topological polar surface area (TPSA) is 102 Å². The summed E-state index contributed by atoms with van der Waals surface area (Å²) in [5, 5.41) is 7.95. The molecule has 2 aromatic carbocycles. The van der Waals surface area contributed by atoms with Gasteiger partial charge in [0.15, 0.2) is 16.6 Å². The maximum Gasteiger partial charge on any atom is 0.318 e. The lowest BCUT2D eigenvalue weighted by atomic mass is 9.87. The number of hydrogen-bond acceptors (Lipinski definition) is 7. The lowest BCUT2D eigenvalue weighted by molar-refractivity contribution is -0.116. The van der Waals surface area contributed by atoms with Gasteiger partial charge in [-0.2, -0.15) is 0 Å². The lowest BCUT2D eigenvalue weighted by Crippen LogP contribution is -2.46. The molecule has 9 nitrogen and oxygen atoms in total. The number of amides is 3. The van der Waals surface area contributed by atoms with Crippen molar-refractivity contribution in [1.29, 1.82) is 0 Å². The molecular formula is C25H28N4O5S. The van der Waals surface area contributed by atoms with E-state index in [1.54, 1.807) is 37.8 Å². The van der Waals surface area contributed by atoms with Crippen LogP contribution in [-0.2, 0) is 11.2 Å². The average Bonchev–Trinajstić information content (AvgIpc) is 3.40. The number of urea groups is 1. The van der Waals surface area contributed by atoms with Gasteiger partial charge in [0.2, 0.25) is 5.91 Å². The fourth-order valence-electron chi connectivity index (χ4n) is 4.16. The summed E-state index contributed by atoms with van der Waals surface area (Å²) in [6, 6.07) is 11.0. The summed E-state index contributed by atoms with van der Waals surface area (Å²) in [5.41, 5.74) is 3.00. The van der Waals surface area contributed by atoms with Crippen molar-refractivity contribution in [2.24, 2.45) is 0 Å². The number of aromatic nitrogens is 1. The number of nitrogens with one attached hydrogen (secondary N) is 2. The van der Waals surface area contributed by atoms with Gasteiger partial charge in [0, 0.05) is 31.1 Å². The Labute approximate surface area is 208 Å². The summed E-state index contributed by atoms with van der Waals surface area (Å²) in [7, 11) is 4.82. The van der Waals surface area contributed by atoms with Crippen LogP contribution in [0.1, 0.15) is 29.2 Å². The Kier molecular flexibility index (Phi) is 7.71. The highest BCUT2D eigenvalue weighted by molar-refractivity contribution is 7.13. The first-order chi connectivity index (χ1) is 17.0. The zero-order valence-electron chi connectivity index (χ0n) is 19.9. The van der Waals surface area contributed by atoms with Crippen LogP contribution in [0.4, 0.5) is 9.93 Å². The molecule has 0 bridgehead atoms. The Morgan fingerprint density at radius 3 is 2.49 bits per heavy atom. The van der Waals surface area contributed by atoms with E-state index in [9.17, 15) is 9.59 Å². The summed E-state index contributed by atoms with van der Waals surface area (Å²) in [6.45, 7) is 0.719. The van der Waals surface area contributed by atoms with E-state index in [4.69, 9.17) is 14.2 Å². The highest BCUT2D eigenvalue weighted by atomic mass is 32.1. The predicted octanol–water partition coefficient (Wildman–Crippen LogP) is 3.85. The number of anilines is 1. The number of benzene rings is 2. The number of carbonyl (C=O) groups excluding carboxylic acids is 2. The van der Waals surface area contributed by atoms with Crippen molar-refractivity contribution >= 4 is 28.4 Å². The standard InChI is InChI=1S/C25H28N4O5S/c1-32-18-6-4-16(5-7-18)23-19-15-21(34-3)20(33-2)14-17(19)9-12-29(23)25(31)27-10-8-22(30)28-24-26-11-13-35-24/h4-7,11,13-15,23H,8-10,12H2,1-3H3,(H,27,31)(H,26,28,30)/t23-/m0/s1. The van der Waals surface area contributed by atoms with Crippen molar-refractivity contribution in [3.05, 3.63) is 64.7 Å².